The van der Waals surface area contributed by atoms with Gasteiger partial charge in [-0.15, -0.1) is 4.99 Å². The van der Waals surface area contributed by atoms with Crippen LogP contribution >= 0.6 is 0 Å². The summed E-state index contributed by atoms with van der Waals surface area (Å²) in [6, 6.07) is 15.6. The predicted molar refractivity (Wildman–Crippen MR) is 65.4 cm³/mol. The van der Waals surface area contributed by atoms with Crippen LogP contribution in [-0.4, -0.2) is 12.0 Å². The minimum Gasteiger partial charge on any atom is -0.457 e. The van der Waals surface area contributed by atoms with Gasteiger partial charge in [-0.2, -0.15) is 0 Å². The van der Waals surface area contributed by atoms with Crippen LogP contribution in [0.25, 0.3) is 0 Å². The number of hydrogen-bond donors (Lipinski definition) is 0. The van der Waals surface area contributed by atoms with E-state index < -0.39 is 5.91 Å². The van der Waals surface area contributed by atoms with Gasteiger partial charge >= 0.3 is 0 Å². The van der Waals surface area contributed by atoms with Crippen molar-refractivity contribution in [3.63, 3.8) is 0 Å². The molecule has 0 saturated carbocycles. The zero-order valence-corrected chi connectivity index (χ0v) is 9.37. The Hall–Kier alpha value is -2.71. The molecule has 0 atom stereocenters. The summed E-state index contributed by atoms with van der Waals surface area (Å²) in [5.74, 6) is 0.289. The van der Waals surface area contributed by atoms with Gasteiger partial charge in [0.2, 0.25) is 6.08 Å². The van der Waals surface area contributed by atoms with Crippen LogP contribution in [0.5, 0.6) is 11.5 Å². The molecule has 0 fully saturated rings. The second-order valence-electron chi connectivity index (χ2n) is 3.42. The Morgan fingerprint density at radius 3 is 2.39 bits per heavy atom. The largest absolute Gasteiger partial charge is 0.457 e. The smallest absolute Gasteiger partial charge is 0.291 e. The van der Waals surface area contributed by atoms with Gasteiger partial charge in [0.25, 0.3) is 5.91 Å². The van der Waals surface area contributed by atoms with Gasteiger partial charge in [-0.3, -0.25) is 4.79 Å². The Morgan fingerprint density at radius 1 is 1.00 bits per heavy atom. The Kier molecular flexibility index (Phi) is 3.64. The Morgan fingerprint density at radius 2 is 1.67 bits per heavy atom. The van der Waals surface area contributed by atoms with Gasteiger partial charge in [0.05, 0.1) is 5.56 Å². The van der Waals surface area contributed by atoms with Crippen molar-refractivity contribution in [3.8, 4) is 11.5 Å². The van der Waals surface area contributed by atoms with E-state index in [4.69, 9.17) is 4.74 Å². The number of aliphatic imine (C=N–C) groups is 1. The van der Waals surface area contributed by atoms with E-state index in [1.165, 1.54) is 6.08 Å². The molecule has 88 valence electrons. The molecular weight excluding hydrogens is 230 g/mol. The molecule has 18 heavy (non-hydrogen) atoms. The van der Waals surface area contributed by atoms with E-state index in [-0.39, 0.29) is 5.56 Å². The first-order chi connectivity index (χ1) is 8.81. The molecular formula is C14H9NO3. The summed E-state index contributed by atoms with van der Waals surface area (Å²) in [7, 11) is 0. The van der Waals surface area contributed by atoms with E-state index in [0.717, 1.165) is 0 Å². The van der Waals surface area contributed by atoms with Gasteiger partial charge in [0.15, 0.2) is 0 Å². The van der Waals surface area contributed by atoms with Gasteiger partial charge < -0.3 is 4.74 Å². The molecule has 2 aromatic carbocycles. The molecule has 0 radical (unpaired) electrons. The number of rotatable bonds is 3. The molecule has 0 aliphatic carbocycles. The van der Waals surface area contributed by atoms with E-state index in [1.807, 2.05) is 18.2 Å². The monoisotopic (exact) mass is 239 g/mol. The van der Waals surface area contributed by atoms with Crippen molar-refractivity contribution in [2.75, 3.05) is 0 Å². The Balaban J connectivity index is 2.34. The van der Waals surface area contributed by atoms with Crippen LogP contribution in [0, 0.1) is 0 Å². The fraction of sp³-hybridized carbons (Fsp3) is 0. The first-order valence-electron chi connectivity index (χ1n) is 5.25. The van der Waals surface area contributed by atoms with Gasteiger partial charge in [0.1, 0.15) is 11.5 Å². The number of para-hydroxylation sites is 2. The van der Waals surface area contributed by atoms with Gasteiger partial charge in [-0.05, 0) is 24.3 Å². The molecule has 2 aromatic rings. The quantitative estimate of drug-likeness (QED) is 0.611. The molecule has 0 aliphatic heterocycles. The van der Waals surface area contributed by atoms with Crippen molar-refractivity contribution in [2.24, 2.45) is 4.99 Å². The maximum absolute atomic E-state index is 11.5. The summed E-state index contributed by atoms with van der Waals surface area (Å²) in [5.41, 5.74) is 0.227. The van der Waals surface area contributed by atoms with Crippen molar-refractivity contribution in [3.05, 3.63) is 60.2 Å². The van der Waals surface area contributed by atoms with Gasteiger partial charge in [0, 0.05) is 0 Å². The molecule has 0 N–H and O–H groups in total. The summed E-state index contributed by atoms with van der Waals surface area (Å²) < 4.78 is 5.57. The third-order valence-corrected chi connectivity index (χ3v) is 2.24. The Labute approximate surface area is 104 Å². The van der Waals surface area contributed by atoms with Crippen molar-refractivity contribution >= 4 is 12.0 Å². The zero-order chi connectivity index (χ0) is 12.8. The molecule has 0 aromatic heterocycles. The molecule has 0 saturated heterocycles. The average Bonchev–Trinajstić information content (AvgIpc) is 2.41. The molecule has 0 aliphatic rings. The van der Waals surface area contributed by atoms with Crippen LogP contribution in [0.3, 0.4) is 0 Å². The third-order valence-electron chi connectivity index (χ3n) is 2.24. The summed E-state index contributed by atoms with van der Waals surface area (Å²) >= 11 is 0. The molecule has 0 unspecified atom stereocenters. The molecule has 1 amide bonds. The van der Waals surface area contributed by atoms with Gasteiger partial charge in [-0.1, -0.05) is 30.3 Å². The highest BCUT2D eigenvalue weighted by atomic mass is 16.5. The predicted octanol–water partition coefficient (Wildman–Crippen LogP) is 2.95. The first-order valence-corrected chi connectivity index (χ1v) is 5.25. The number of nitrogens with zero attached hydrogens (tertiary/aromatic N) is 1. The van der Waals surface area contributed by atoms with Crippen molar-refractivity contribution in [1.82, 2.24) is 0 Å². The average molecular weight is 239 g/mol. The lowest BCUT2D eigenvalue weighted by molar-refractivity contribution is 0.100. The Bertz CT molecular complexity index is 601. The second-order valence-corrected chi connectivity index (χ2v) is 3.42. The lowest BCUT2D eigenvalue weighted by Gasteiger charge is -2.08. The van der Waals surface area contributed by atoms with E-state index >= 15 is 0 Å². The fourth-order valence-electron chi connectivity index (χ4n) is 1.45. The highest BCUT2D eigenvalue weighted by Crippen LogP contribution is 2.25. The van der Waals surface area contributed by atoms with Crippen LogP contribution in [0.4, 0.5) is 0 Å². The molecule has 0 heterocycles. The summed E-state index contributed by atoms with van der Waals surface area (Å²) in [6.07, 6.45) is 1.23. The number of carbonyl (C=O) groups excluding carboxylic acids is 2. The minimum atomic E-state index is -0.670. The molecule has 0 bridgehead atoms. The number of carbonyl (C=O) groups is 1. The molecule has 4 heteroatoms. The molecule has 0 spiro atoms. The number of ether oxygens (including phenoxy) is 1. The van der Waals surface area contributed by atoms with E-state index in [2.05, 4.69) is 4.99 Å². The third kappa shape index (κ3) is 2.70. The summed E-state index contributed by atoms with van der Waals surface area (Å²) in [6.45, 7) is 0. The van der Waals surface area contributed by atoms with Crippen LogP contribution in [0.1, 0.15) is 10.4 Å². The van der Waals surface area contributed by atoms with Crippen LogP contribution in [0.2, 0.25) is 0 Å². The number of isocyanates is 1. The summed E-state index contributed by atoms with van der Waals surface area (Å²) in [4.78, 5) is 24.7. The highest BCUT2D eigenvalue weighted by molar-refractivity contribution is 5.99. The van der Waals surface area contributed by atoms with Crippen LogP contribution in [-0.2, 0) is 4.79 Å². The molecule has 4 nitrogen and oxygen atoms in total. The maximum Gasteiger partial charge on any atom is 0.291 e. The van der Waals surface area contributed by atoms with E-state index in [9.17, 15) is 9.59 Å². The van der Waals surface area contributed by atoms with Crippen LogP contribution < -0.4 is 4.74 Å². The van der Waals surface area contributed by atoms with E-state index in [0.29, 0.717) is 11.5 Å². The van der Waals surface area contributed by atoms with Crippen molar-refractivity contribution < 1.29 is 14.3 Å². The van der Waals surface area contributed by atoms with Gasteiger partial charge in [-0.25, -0.2) is 4.79 Å². The lowest BCUT2D eigenvalue weighted by atomic mass is 10.2. The minimum absolute atomic E-state index is 0.227. The molecule has 2 rings (SSSR count). The topological polar surface area (TPSA) is 55.7 Å². The normalized spacial score (nSPS) is 9.33. The van der Waals surface area contributed by atoms with E-state index in [1.54, 1.807) is 36.4 Å². The SMILES string of the molecule is O=C=NC(=O)c1ccccc1Oc1ccccc1. The zero-order valence-electron chi connectivity index (χ0n) is 9.37. The standard InChI is InChI=1S/C14H9NO3/c16-10-15-14(17)12-8-4-5-9-13(12)18-11-6-2-1-3-7-11/h1-9H. The highest BCUT2D eigenvalue weighted by Gasteiger charge is 2.11. The number of amides is 1. The second kappa shape index (κ2) is 5.57. The lowest BCUT2D eigenvalue weighted by Crippen LogP contribution is -1.98. The fourth-order valence-corrected chi connectivity index (χ4v) is 1.45. The van der Waals surface area contributed by atoms with Crippen molar-refractivity contribution in [1.29, 1.82) is 0 Å². The number of benzene rings is 2. The maximum atomic E-state index is 11.5. The first kappa shape index (κ1) is 11.8. The van der Waals surface area contributed by atoms with Crippen molar-refractivity contribution in [2.45, 2.75) is 0 Å². The number of hydrogen-bond acceptors (Lipinski definition) is 3. The summed E-state index contributed by atoms with van der Waals surface area (Å²) in [5, 5.41) is 0. The van der Waals surface area contributed by atoms with Crippen LogP contribution in [0.15, 0.2) is 59.6 Å².